The lowest BCUT2D eigenvalue weighted by Crippen LogP contribution is -1.81. The van der Waals surface area contributed by atoms with Crippen molar-refractivity contribution in [1.29, 1.82) is 0 Å². The molecule has 1 aromatic rings. The van der Waals surface area contributed by atoms with E-state index in [1.54, 1.807) is 6.92 Å². The second-order valence-electron chi connectivity index (χ2n) is 2.82. The summed E-state index contributed by atoms with van der Waals surface area (Å²) in [6.07, 6.45) is 1.40. The number of azo groups is 1. The molecule has 0 aromatic heterocycles. The lowest BCUT2D eigenvalue weighted by molar-refractivity contribution is 1.12. The Labute approximate surface area is 83.7 Å². The van der Waals surface area contributed by atoms with Crippen molar-refractivity contribution in [2.75, 3.05) is 0 Å². The molecule has 0 aliphatic carbocycles. The first-order valence-electron chi connectivity index (χ1n) is 4.28. The zero-order valence-corrected chi connectivity index (χ0v) is 8.14. The molecule has 0 bridgehead atoms. The van der Waals surface area contributed by atoms with E-state index in [4.69, 9.17) is 5.73 Å². The molecule has 0 amide bonds. The summed E-state index contributed by atoms with van der Waals surface area (Å²) in [5.41, 5.74) is 7.51. The molecule has 0 saturated heterocycles. The summed E-state index contributed by atoms with van der Waals surface area (Å²) in [4.78, 5) is 0. The van der Waals surface area contributed by atoms with E-state index in [1.165, 1.54) is 6.20 Å². The van der Waals surface area contributed by atoms with Crippen LogP contribution in [-0.4, -0.2) is 0 Å². The lowest BCUT2D eigenvalue weighted by atomic mass is 10.2. The zero-order valence-electron chi connectivity index (χ0n) is 8.14. The van der Waals surface area contributed by atoms with Crippen molar-refractivity contribution in [2.24, 2.45) is 16.0 Å². The van der Waals surface area contributed by atoms with Crippen molar-refractivity contribution in [3.63, 3.8) is 0 Å². The van der Waals surface area contributed by atoms with Crippen molar-refractivity contribution in [1.82, 2.24) is 0 Å². The SMILES string of the molecule is C=C(/N=N\C(C)=C/N)c1ccccc1. The van der Waals surface area contributed by atoms with Crippen LogP contribution >= 0.6 is 0 Å². The predicted molar refractivity (Wildman–Crippen MR) is 58.3 cm³/mol. The number of allylic oxidation sites excluding steroid dienone is 1. The highest BCUT2D eigenvalue weighted by atomic mass is 15.1. The molecule has 2 N–H and O–H groups in total. The van der Waals surface area contributed by atoms with Crippen LogP contribution in [0.25, 0.3) is 5.70 Å². The van der Waals surface area contributed by atoms with Crippen LogP contribution in [0.15, 0.2) is 59.0 Å². The van der Waals surface area contributed by atoms with Crippen LogP contribution in [0.5, 0.6) is 0 Å². The topological polar surface area (TPSA) is 50.7 Å². The maximum atomic E-state index is 5.25. The first-order chi connectivity index (χ1) is 6.74. The average Bonchev–Trinajstić information content (AvgIpc) is 2.26. The molecule has 0 heterocycles. The molecule has 0 saturated carbocycles. The number of rotatable bonds is 3. The van der Waals surface area contributed by atoms with E-state index < -0.39 is 0 Å². The fourth-order valence-corrected chi connectivity index (χ4v) is 0.861. The fourth-order valence-electron chi connectivity index (χ4n) is 0.861. The monoisotopic (exact) mass is 187 g/mol. The lowest BCUT2D eigenvalue weighted by Gasteiger charge is -1.97. The van der Waals surface area contributed by atoms with E-state index in [0.717, 1.165) is 5.56 Å². The third-order valence-electron chi connectivity index (χ3n) is 1.68. The quantitative estimate of drug-likeness (QED) is 0.727. The van der Waals surface area contributed by atoms with Gasteiger partial charge in [-0.25, -0.2) is 0 Å². The number of nitrogens with zero attached hydrogens (tertiary/aromatic N) is 2. The van der Waals surface area contributed by atoms with Gasteiger partial charge in [-0.05, 0) is 6.92 Å². The molecule has 0 spiro atoms. The number of benzene rings is 1. The van der Waals surface area contributed by atoms with Gasteiger partial charge in [0.25, 0.3) is 0 Å². The van der Waals surface area contributed by atoms with Gasteiger partial charge in [-0.3, -0.25) is 0 Å². The molecule has 0 radical (unpaired) electrons. The van der Waals surface area contributed by atoms with Crippen molar-refractivity contribution in [2.45, 2.75) is 6.92 Å². The summed E-state index contributed by atoms with van der Waals surface area (Å²) in [7, 11) is 0. The largest absolute Gasteiger partial charge is 0.403 e. The molecule has 72 valence electrons. The molecule has 1 rings (SSSR count). The highest BCUT2D eigenvalue weighted by molar-refractivity contribution is 5.61. The number of nitrogens with two attached hydrogens (primary N) is 1. The fraction of sp³-hybridized carbons (Fsp3) is 0.0909. The Morgan fingerprint density at radius 1 is 1.29 bits per heavy atom. The molecule has 0 unspecified atom stereocenters. The predicted octanol–water partition coefficient (Wildman–Crippen LogP) is 2.93. The van der Waals surface area contributed by atoms with Crippen molar-refractivity contribution < 1.29 is 0 Å². The molecule has 0 aliphatic heterocycles. The summed E-state index contributed by atoms with van der Waals surface area (Å²) in [6, 6.07) is 9.67. The van der Waals surface area contributed by atoms with Crippen LogP contribution in [0.3, 0.4) is 0 Å². The van der Waals surface area contributed by atoms with Gasteiger partial charge in [-0.15, -0.1) is 0 Å². The summed E-state index contributed by atoms with van der Waals surface area (Å²) in [5.74, 6) is 0. The maximum absolute atomic E-state index is 5.25. The van der Waals surface area contributed by atoms with Gasteiger partial charge in [0.2, 0.25) is 0 Å². The van der Waals surface area contributed by atoms with Gasteiger partial charge in [0.05, 0.1) is 11.4 Å². The van der Waals surface area contributed by atoms with Gasteiger partial charge in [-0.2, -0.15) is 10.2 Å². The van der Waals surface area contributed by atoms with Gasteiger partial charge < -0.3 is 5.73 Å². The summed E-state index contributed by atoms with van der Waals surface area (Å²) < 4.78 is 0. The van der Waals surface area contributed by atoms with E-state index in [0.29, 0.717) is 11.4 Å². The molecule has 0 atom stereocenters. The van der Waals surface area contributed by atoms with Gasteiger partial charge in [0.15, 0.2) is 0 Å². The molecular weight excluding hydrogens is 174 g/mol. The molecular formula is C11H13N3. The van der Waals surface area contributed by atoms with E-state index in [2.05, 4.69) is 16.8 Å². The summed E-state index contributed by atoms with van der Waals surface area (Å²) >= 11 is 0. The highest BCUT2D eigenvalue weighted by Crippen LogP contribution is 2.13. The smallest absolute Gasteiger partial charge is 0.0857 e. The molecule has 3 heteroatoms. The molecule has 3 nitrogen and oxygen atoms in total. The first-order valence-corrected chi connectivity index (χ1v) is 4.28. The van der Waals surface area contributed by atoms with Gasteiger partial charge in [0, 0.05) is 11.8 Å². The van der Waals surface area contributed by atoms with Crippen LogP contribution in [0.1, 0.15) is 12.5 Å². The second kappa shape index (κ2) is 4.97. The Kier molecular flexibility index (Phi) is 3.61. The minimum Gasteiger partial charge on any atom is -0.403 e. The summed E-state index contributed by atoms with van der Waals surface area (Å²) in [6.45, 7) is 5.58. The van der Waals surface area contributed by atoms with Crippen LogP contribution in [0.4, 0.5) is 0 Å². The van der Waals surface area contributed by atoms with Gasteiger partial charge >= 0.3 is 0 Å². The minimum absolute atomic E-state index is 0.631. The van der Waals surface area contributed by atoms with Crippen molar-refractivity contribution >= 4 is 5.70 Å². The Bertz CT molecular complexity index is 363. The van der Waals surface area contributed by atoms with Gasteiger partial charge in [0.1, 0.15) is 0 Å². The normalized spacial score (nSPS) is 11.9. The third kappa shape index (κ3) is 2.86. The van der Waals surface area contributed by atoms with Crippen LogP contribution < -0.4 is 5.73 Å². The van der Waals surface area contributed by atoms with Crippen molar-refractivity contribution in [3.8, 4) is 0 Å². The molecule has 0 fully saturated rings. The standard InChI is InChI=1S/C11H13N3/c1-9(8-12)13-14-10(2)11-6-4-3-5-7-11/h3-8H,2,12H2,1H3/b9-8-,14-13-. The zero-order chi connectivity index (χ0) is 10.4. The van der Waals surface area contributed by atoms with Gasteiger partial charge in [-0.1, -0.05) is 36.9 Å². The van der Waals surface area contributed by atoms with E-state index in [-0.39, 0.29) is 0 Å². The first kappa shape index (κ1) is 10.2. The van der Waals surface area contributed by atoms with Crippen LogP contribution in [0, 0.1) is 0 Å². The Morgan fingerprint density at radius 2 is 1.93 bits per heavy atom. The second-order valence-corrected chi connectivity index (χ2v) is 2.82. The van der Waals surface area contributed by atoms with E-state index in [1.807, 2.05) is 30.3 Å². The Morgan fingerprint density at radius 3 is 2.50 bits per heavy atom. The van der Waals surface area contributed by atoms with Crippen molar-refractivity contribution in [3.05, 3.63) is 54.4 Å². The Balaban J connectivity index is 2.74. The average molecular weight is 187 g/mol. The number of hydrogen-bond donors (Lipinski definition) is 1. The number of hydrogen-bond acceptors (Lipinski definition) is 3. The Hall–Kier alpha value is -1.90. The maximum Gasteiger partial charge on any atom is 0.0857 e. The highest BCUT2D eigenvalue weighted by Gasteiger charge is 1.94. The van der Waals surface area contributed by atoms with Crippen LogP contribution in [-0.2, 0) is 0 Å². The van der Waals surface area contributed by atoms with E-state index >= 15 is 0 Å². The summed E-state index contributed by atoms with van der Waals surface area (Å²) in [5, 5.41) is 7.83. The molecule has 14 heavy (non-hydrogen) atoms. The molecule has 1 aromatic carbocycles. The van der Waals surface area contributed by atoms with Crippen LogP contribution in [0.2, 0.25) is 0 Å². The molecule has 0 aliphatic rings. The van der Waals surface area contributed by atoms with E-state index in [9.17, 15) is 0 Å². The minimum atomic E-state index is 0.631. The third-order valence-corrected chi connectivity index (χ3v) is 1.68.